The van der Waals surface area contributed by atoms with Crippen molar-refractivity contribution in [2.75, 3.05) is 6.54 Å². The van der Waals surface area contributed by atoms with E-state index in [-0.39, 0.29) is 0 Å². The molecule has 3 aromatic rings. The minimum Gasteiger partial charge on any atom is -0.314 e. The third-order valence-electron chi connectivity index (χ3n) is 4.87. The predicted octanol–water partition coefficient (Wildman–Crippen LogP) is 3.94. The number of hydrogen-bond donors (Lipinski definition) is 1. The summed E-state index contributed by atoms with van der Waals surface area (Å²) in [7, 11) is 0. The number of nitrogens with zero attached hydrogens (tertiary/aromatic N) is 3. The Morgan fingerprint density at radius 2 is 2.08 bits per heavy atom. The molecule has 0 spiro atoms. The Morgan fingerprint density at radius 3 is 2.88 bits per heavy atom. The number of nitrogens with one attached hydrogen (secondary N) is 1. The van der Waals surface area contributed by atoms with Gasteiger partial charge in [-0.15, -0.1) is 0 Å². The van der Waals surface area contributed by atoms with Gasteiger partial charge in [-0.2, -0.15) is 0 Å². The van der Waals surface area contributed by atoms with E-state index < -0.39 is 0 Å². The van der Waals surface area contributed by atoms with Crippen molar-refractivity contribution in [3.63, 3.8) is 0 Å². The van der Waals surface area contributed by atoms with Crippen LogP contribution in [0.5, 0.6) is 0 Å². The first-order valence-electron chi connectivity index (χ1n) is 8.93. The number of piperidine rings is 1. The van der Waals surface area contributed by atoms with Gasteiger partial charge in [-0.3, -0.25) is 0 Å². The van der Waals surface area contributed by atoms with Gasteiger partial charge in [0, 0.05) is 24.3 Å². The van der Waals surface area contributed by atoms with Crippen LogP contribution >= 0.6 is 0 Å². The summed E-state index contributed by atoms with van der Waals surface area (Å²) in [4.78, 5) is 9.56. The number of aryl methyl sites for hydroxylation is 2. The fourth-order valence-corrected chi connectivity index (χ4v) is 3.59. The van der Waals surface area contributed by atoms with Crippen LogP contribution < -0.4 is 5.32 Å². The molecule has 1 atom stereocenters. The van der Waals surface area contributed by atoms with E-state index in [4.69, 9.17) is 4.98 Å². The predicted molar refractivity (Wildman–Crippen MR) is 98.0 cm³/mol. The van der Waals surface area contributed by atoms with Gasteiger partial charge in [-0.1, -0.05) is 36.8 Å². The molecule has 0 saturated carbocycles. The van der Waals surface area contributed by atoms with Crippen molar-refractivity contribution in [1.82, 2.24) is 19.9 Å². The van der Waals surface area contributed by atoms with Crippen LogP contribution in [-0.4, -0.2) is 27.1 Å². The fraction of sp³-hybridized carbons (Fsp3) is 0.400. The van der Waals surface area contributed by atoms with Crippen LogP contribution in [0.2, 0.25) is 0 Å². The quantitative estimate of drug-likeness (QED) is 0.792. The van der Waals surface area contributed by atoms with Gasteiger partial charge < -0.3 is 9.88 Å². The number of pyridine rings is 1. The number of rotatable bonds is 4. The van der Waals surface area contributed by atoms with Gasteiger partial charge in [0.25, 0.3) is 0 Å². The van der Waals surface area contributed by atoms with E-state index in [2.05, 4.69) is 52.1 Å². The van der Waals surface area contributed by atoms with E-state index in [0.29, 0.717) is 6.04 Å². The zero-order valence-electron chi connectivity index (χ0n) is 14.2. The summed E-state index contributed by atoms with van der Waals surface area (Å²) in [6, 6.07) is 13.2. The first-order chi connectivity index (χ1) is 11.8. The summed E-state index contributed by atoms with van der Waals surface area (Å²) in [6.45, 7) is 4.17. The average Bonchev–Trinajstić information content (AvgIpc) is 2.99. The molecule has 0 radical (unpaired) electrons. The smallest absolute Gasteiger partial charge is 0.160 e. The maximum absolute atomic E-state index is 4.89. The van der Waals surface area contributed by atoms with Crippen LogP contribution in [0.4, 0.5) is 0 Å². The lowest BCUT2D eigenvalue weighted by molar-refractivity contribution is 0.368. The van der Waals surface area contributed by atoms with Crippen LogP contribution in [-0.2, 0) is 6.54 Å². The summed E-state index contributed by atoms with van der Waals surface area (Å²) in [5.74, 6) is 1.03. The highest BCUT2D eigenvalue weighted by atomic mass is 15.1. The van der Waals surface area contributed by atoms with E-state index in [1.54, 1.807) is 0 Å². The highest BCUT2D eigenvalue weighted by Gasteiger charge is 2.17. The SMILES string of the molecule is Cc1cnc2c(c1)nc(-c1ccccc1)n2CCC1CCCCN1. The van der Waals surface area contributed by atoms with E-state index in [0.717, 1.165) is 47.6 Å². The van der Waals surface area contributed by atoms with Gasteiger partial charge >= 0.3 is 0 Å². The molecule has 2 aromatic heterocycles. The Labute approximate surface area is 142 Å². The molecule has 1 unspecified atom stereocenters. The second-order valence-electron chi connectivity index (χ2n) is 6.74. The van der Waals surface area contributed by atoms with Gasteiger partial charge in [0.1, 0.15) is 11.3 Å². The van der Waals surface area contributed by atoms with Crippen molar-refractivity contribution >= 4 is 11.2 Å². The molecule has 4 nitrogen and oxygen atoms in total. The second kappa shape index (κ2) is 6.73. The monoisotopic (exact) mass is 320 g/mol. The lowest BCUT2D eigenvalue weighted by atomic mass is 10.0. The molecule has 0 aliphatic carbocycles. The molecular formula is C20H24N4. The minimum absolute atomic E-state index is 0.616. The van der Waals surface area contributed by atoms with Crippen molar-refractivity contribution in [3.8, 4) is 11.4 Å². The second-order valence-corrected chi connectivity index (χ2v) is 6.74. The molecule has 0 amide bonds. The standard InChI is InChI=1S/C20H24N4/c1-15-13-18-20(22-14-15)24(12-10-17-9-5-6-11-21-17)19(23-18)16-7-3-2-4-8-16/h2-4,7-8,13-14,17,21H,5-6,9-12H2,1H3. The third-order valence-corrected chi connectivity index (χ3v) is 4.87. The minimum atomic E-state index is 0.616. The number of imidazole rings is 1. The topological polar surface area (TPSA) is 42.7 Å². The lowest BCUT2D eigenvalue weighted by Gasteiger charge is -2.23. The molecule has 1 aliphatic heterocycles. The Morgan fingerprint density at radius 1 is 1.21 bits per heavy atom. The van der Waals surface area contributed by atoms with Gasteiger partial charge in [0.15, 0.2) is 5.65 Å². The van der Waals surface area contributed by atoms with Crippen molar-refractivity contribution in [2.45, 2.75) is 45.2 Å². The molecule has 4 rings (SSSR count). The molecular weight excluding hydrogens is 296 g/mol. The summed E-state index contributed by atoms with van der Waals surface area (Å²) in [6.07, 6.45) is 6.99. The maximum Gasteiger partial charge on any atom is 0.160 e. The van der Waals surface area contributed by atoms with Crippen molar-refractivity contribution in [2.24, 2.45) is 0 Å². The Bertz CT molecular complexity index is 816. The van der Waals surface area contributed by atoms with E-state index >= 15 is 0 Å². The zero-order chi connectivity index (χ0) is 16.4. The molecule has 4 heteroatoms. The van der Waals surface area contributed by atoms with Crippen molar-refractivity contribution in [3.05, 3.63) is 48.2 Å². The largest absolute Gasteiger partial charge is 0.314 e. The molecule has 1 fully saturated rings. The number of hydrogen-bond acceptors (Lipinski definition) is 3. The van der Waals surface area contributed by atoms with Crippen LogP contribution in [0.1, 0.15) is 31.2 Å². The molecule has 0 bridgehead atoms. The Balaban J connectivity index is 1.70. The van der Waals surface area contributed by atoms with Crippen LogP contribution in [0.25, 0.3) is 22.6 Å². The van der Waals surface area contributed by atoms with E-state index in [9.17, 15) is 0 Å². The van der Waals surface area contributed by atoms with Gasteiger partial charge in [0.2, 0.25) is 0 Å². The fourth-order valence-electron chi connectivity index (χ4n) is 3.59. The van der Waals surface area contributed by atoms with E-state index in [1.165, 1.54) is 19.3 Å². The molecule has 24 heavy (non-hydrogen) atoms. The molecule has 1 saturated heterocycles. The number of fused-ring (bicyclic) bond motifs is 1. The zero-order valence-corrected chi connectivity index (χ0v) is 14.2. The average molecular weight is 320 g/mol. The van der Waals surface area contributed by atoms with Gasteiger partial charge in [-0.05, 0) is 44.4 Å². The highest BCUT2D eigenvalue weighted by molar-refractivity contribution is 5.77. The highest BCUT2D eigenvalue weighted by Crippen LogP contribution is 2.25. The normalized spacial score (nSPS) is 18.1. The third kappa shape index (κ3) is 3.06. The summed E-state index contributed by atoms with van der Waals surface area (Å²) < 4.78 is 2.29. The molecule has 1 aromatic carbocycles. The summed E-state index contributed by atoms with van der Waals surface area (Å²) in [5, 5.41) is 3.64. The Hall–Kier alpha value is -2.20. The summed E-state index contributed by atoms with van der Waals surface area (Å²) in [5.41, 5.74) is 4.30. The number of benzene rings is 1. The molecule has 3 heterocycles. The molecule has 1 aliphatic rings. The lowest BCUT2D eigenvalue weighted by Crippen LogP contribution is -2.34. The molecule has 1 N–H and O–H groups in total. The van der Waals surface area contributed by atoms with Gasteiger partial charge in [-0.25, -0.2) is 9.97 Å². The summed E-state index contributed by atoms with van der Waals surface area (Å²) >= 11 is 0. The Kier molecular flexibility index (Phi) is 4.30. The van der Waals surface area contributed by atoms with Crippen molar-refractivity contribution < 1.29 is 0 Å². The molecule has 124 valence electrons. The van der Waals surface area contributed by atoms with Gasteiger partial charge in [0.05, 0.1) is 0 Å². The van der Waals surface area contributed by atoms with Crippen LogP contribution in [0.15, 0.2) is 42.6 Å². The van der Waals surface area contributed by atoms with Crippen LogP contribution in [0.3, 0.4) is 0 Å². The first kappa shape index (κ1) is 15.3. The van der Waals surface area contributed by atoms with Crippen molar-refractivity contribution in [1.29, 1.82) is 0 Å². The van der Waals surface area contributed by atoms with Crippen LogP contribution in [0, 0.1) is 6.92 Å². The number of aromatic nitrogens is 3. The first-order valence-corrected chi connectivity index (χ1v) is 8.93. The van der Waals surface area contributed by atoms with E-state index in [1.807, 2.05) is 12.3 Å². The maximum atomic E-state index is 4.89.